The molecule has 0 bridgehead atoms. The van der Waals surface area contributed by atoms with Crippen molar-refractivity contribution < 1.29 is 19.1 Å². The standard InChI is InChI=1S/C14H16N2O4/c1-2-20-11-6-4-3-5-10(11)15-12(17)9-16-13(18)7-8-14(16)19/h3-6H,2,7-9H2,1H3,(H,15,17). The second kappa shape index (κ2) is 6.18. The van der Waals surface area contributed by atoms with Crippen LogP contribution in [0.3, 0.4) is 0 Å². The van der Waals surface area contributed by atoms with Crippen LogP contribution in [0, 0.1) is 0 Å². The summed E-state index contributed by atoms with van der Waals surface area (Å²) in [7, 11) is 0. The van der Waals surface area contributed by atoms with Crippen molar-refractivity contribution in [3.63, 3.8) is 0 Å². The van der Waals surface area contributed by atoms with Crippen molar-refractivity contribution >= 4 is 23.4 Å². The largest absolute Gasteiger partial charge is 0.492 e. The lowest BCUT2D eigenvalue weighted by atomic mass is 10.3. The van der Waals surface area contributed by atoms with Crippen LogP contribution in [0.25, 0.3) is 0 Å². The molecule has 1 saturated heterocycles. The van der Waals surface area contributed by atoms with Crippen molar-refractivity contribution in [2.24, 2.45) is 0 Å². The van der Waals surface area contributed by atoms with Gasteiger partial charge in [0.05, 0.1) is 12.3 Å². The SMILES string of the molecule is CCOc1ccccc1NC(=O)CN1C(=O)CCC1=O. The second-order valence-corrected chi connectivity index (χ2v) is 4.35. The van der Waals surface area contributed by atoms with Gasteiger partial charge >= 0.3 is 0 Å². The van der Waals surface area contributed by atoms with Crippen LogP contribution in [0.2, 0.25) is 0 Å². The number of likely N-dealkylation sites (tertiary alicyclic amines) is 1. The number of benzene rings is 1. The van der Waals surface area contributed by atoms with Gasteiger partial charge in [-0.3, -0.25) is 19.3 Å². The molecule has 1 aliphatic heterocycles. The third-order valence-electron chi connectivity index (χ3n) is 2.92. The fourth-order valence-electron chi connectivity index (χ4n) is 1.98. The number of para-hydroxylation sites is 2. The summed E-state index contributed by atoms with van der Waals surface area (Å²) in [6, 6.07) is 7.01. The van der Waals surface area contributed by atoms with Crippen molar-refractivity contribution in [3.05, 3.63) is 24.3 Å². The molecule has 0 aromatic heterocycles. The third kappa shape index (κ3) is 3.14. The number of anilines is 1. The number of amides is 3. The van der Waals surface area contributed by atoms with E-state index < -0.39 is 5.91 Å². The highest BCUT2D eigenvalue weighted by atomic mass is 16.5. The molecule has 0 saturated carbocycles. The molecule has 1 fully saturated rings. The molecule has 3 amide bonds. The number of carbonyl (C=O) groups is 3. The summed E-state index contributed by atoms with van der Waals surface area (Å²) in [6.45, 7) is 2.08. The molecule has 106 valence electrons. The lowest BCUT2D eigenvalue weighted by Crippen LogP contribution is -2.36. The van der Waals surface area contributed by atoms with Gasteiger partial charge in [-0.15, -0.1) is 0 Å². The molecule has 6 heteroatoms. The zero-order valence-electron chi connectivity index (χ0n) is 11.2. The number of nitrogens with one attached hydrogen (secondary N) is 1. The molecule has 0 spiro atoms. The Morgan fingerprint density at radius 1 is 1.25 bits per heavy atom. The van der Waals surface area contributed by atoms with Gasteiger partial charge in [-0.05, 0) is 19.1 Å². The number of imide groups is 1. The summed E-state index contributed by atoms with van der Waals surface area (Å²) in [5.74, 6) is -0.463. The van der Waals surface area contributed by atoms with Crippen LogP contribution in [0.15, 0.2) is 24.3 Å². The number of hydrogen-bond acceptors (Lipinski definition) is 4. The number of hydrogen-bond donors (Lipinski definition) is 1. The van der Waals surface area contributed by atoms with Crippen LogP contribution in [0.4, 0.5) is 5.69 Å². The van der Waals surface area contributed by atoms with Crippen molar-refractivity contribution in [1.82, 2.24) is 4.90 Å². The quantitative estimate of drug-likeness (QED) is 0.819. The van der Waals surface area contributed by atoms with Crippen LogP contribution in [0.5, 0.6) is 5.75 Å². The first-order valence-electron chi connectivity index (χ1n) is 6.46. The van der Waals surface area contributed by atoms with E-state index in [2.05, 4.69) is 5.32 Å². The molecule has 20 heavy (non-hydrogen) atoms. The fourth-order valence-corrected chi connectivity index (χ4v) is 1.98. The summed E-state index contributed by atoms with van der Waals surface area (Å²) >= 11 is 0. The predicted octanol–water partition coefficient (Wildman–Crippen LogP) is 1.17. The minimum atomic E-state index is -0.416. The van der Waals surface area contributed by atoms with Gasteiger partial charge in [0.2, 0.25) is 17.7 Å². The molecular formula is C14H16N2O4. The number of ether oxygens (including phenoxy) is 1. The van der Waals surface area contributed by atoms with Gasteiger partial charge in [0.15, 0.2) is 0 Å². The summed E-state index contributed by atoms with van der Waals surface area (Å²) in [5.41, 5.74) is 0.526. The molecule has 0 unspecified atom stereocenters. The molecule has 6 nitrogen and oxygen atoms in total. The van der Waals surface area contributed by atoms with Gasteiger partial charge in [-0.2, -0.15) is 0 Å². The molecule has 0 aliphatic carbocycles. The minimum Gasteiger partial charge on any atom is -0.492 e. The van der Waals surface area contributed by atoms with E-state index in [9.17, 15) is 14.4 Å². The average Bonchev–Trinajstić information content (AvgIpc) is 2.73. The Labute approximate surface area is 116 Å². The molecule has 1 N–H and O–H groups in total. The normalized spacial score (nSPS) is 14.6. The van der Waals surface area contributed by atoms with Gasteiger partial charge in [0.1, 0.15) is 12.3 Å². The van der Waals surface area contributed by atoms with E-state index >= 15 is 0 Å². The Morgan fingerprint density at radius 2 is 1.90 bits per heavy atom. The molecule has 0 radical (unpaired) electrons. The summed E-state index contributed by atoms with van der Waals surface area (Å²) in [4.78, 5) is 35.8. The molecule has 1 aliphatic rings. The monoisotopic (exact) mass is 276 g/mol. The zero-order valence-corrected chi connectivity index (χ0v) is 11.2. The van der Waals surface area contributed by atoms with Gasteiger partial charge in [0.25, 0.3) is 0 Å². The highest BCUT2D eigenvalue weighted by Gasteiger charge is 2.30. The van der Waals surface area contributed by atoms with E-state index in [-0.39, 0.29) is 31.2 Å². The predicted molar refractivity (Wildman–Crippen MR) is 72.2 cm³/mol. The summed E-state index contributed by atoms with van der Waals surface area (Å²) < 4.78 is 5.39. The Morgan fingerprint density at radius 3 is 2.55 bits per heavy atom. The molecular weight excluding hydrogens is 260 g/mol. The molecule has 1 aromatic carbocycles. The Balaban J connectivity index is 2.01. The highest BCUT2D eigenvalue weighted by molar-refractivity contribution is 6.06. The lowest BCUT2D eigenvalue weighted by molar-refractivity contribution is -0.141. The second-order valence-electron chi connectivity index (χ2n) is 4.35. The number of nitrogens with zero attached hydrogens (tertiary/aromatic N) is 1. The van der Waals surface area contributed by atoms with Gasteiger partial charge < -0.3 is 10.1 Å². The van der Waals surface area contributed by atoms with Gasteiger partial charge in [-0.1, -0.05) is 12.1 Å². The summed E-state index contributed by atoms with van der Waals surface area (Å²) in [5, 5.41) is 2.65. The van der Waals surface area contributed by atoms with E-state index in [1.807, 2.05) is 6.92 Å². The summed E-state index contributed by atoms with van der Waals surface area (Å²) in [6.07, 6.45) is 0.364. The third-order valence-corrected chi connectivity index (χ3v) is 2.92. The maximum Gasteiger partial charge on any atom is 0.244 e. The Bertz CT molecular complexity index is 526. The van der Waals surface area contributed by atoms with Crippen LogP contribution in [0.1, 0.15) is 19.8 Å². The lowest BCUT2D eigenvalue weighted by Gasteiger charge is -2.15. The Kier molecular flexibility index (Phi) is 4.34. The van der Waals surface area contributed by atoms with Crippen molar-refractivity contribution in [2.45, 2.75) is 19.8 Å². The van der Waals surface area contributed by atoms with Crippen LogP contribution in [-0.4, -0.2) is 35.8 Å². The van der Waals surface area contributed by atoms with E-state index in [0.29, 0.717) is 18.0 Å². The topological polar surface area (TPSA) is 75.7 Å². The van der Waals surface area contributed by atoms with E-state index in [0.717, 1.165) is 4.90 Å². The van der Waals surface area contributed by atoms with Crippen molar-refractivity contribution in [2.75, 3.05) is 18.5 Å². The number of rotatable bonds is 5. The number of carbonyl (C=O) groups excluding carboxylic acids is 3. The maximum atomic E-state index is 11.9. The molecule has 2 rings (SSSR count). The van der Waals surface area contributed by atoms with Gasteiger partial charge in [0, 0.05) is 12.8 Å². The highest BCUT2D eigenvalue weighted by Crippen LogP contribution is 2.23. The zero-order chi connectivity index (χ0) is 14.5. The van der Waals surface area contributed by atoms with Crippen molar-refractivity contribution in [1.29, 1.82) is 0 Å². The smallest absolute Gasteiger partial charge is 0.244 e. The fraction of sp³-hybridized carbons (Fsp3) is 0.357. The van der Waals surface area contributed by atoms with Crippen LogP contribution >= 0.6 is 0 Å². The van der Waals surface area contributed by atoms with Crippen molar-refractivity contribution in [3.8, 4) is 5.75 Å². The first-order valence-corrected chi connectivity index (χ1v) is 6.46. The van der Waals surface area contributed by atoms with Crippen LogP contribution < -0.4 is 10.1 Å². The van der Waals surface area contributed by atoms with E-state index in [1.165, 1.54) is 0 Å². The van der Waals surface area contributed by atoms with Gasteiger partial charge in [-0.25, -0.2) is 0 Å². The first kappa shape index (κ1) is 14.0. The first-order chi connectivity index (χ1) is 9.61. The van der Waals surface area contributed by atoms with E-state index in [1.54, 1.807) is 24.3 Å². The molecule has 1 heterocycles. The Hall–Kier alpha value is -2.37. The average molecular weight is 276 g/mol. The maximum absolute atomic E-state index is 11.9. The minimum absolute atomic E-state index is 0.182. The van der Waals surface area contributed by atoms with E-state index in [4.69, 9.17) is 4.74 Å². The van der Waals surface area contributed by atoms with Crippen LogP contribution in [-0.2, 0) is 14.4 Å². The molecule has 1 aromatic rings. The molecule has 0 atom stereocenters.